The fourth-order valence-corrected chi connectivity index (χ4v) is 3.70. The Balaban J connectivity index is 1.69. The SMILES string of the molecule is CNC(Cc1cccc(Cl)c1)C1CC2CCC1O2. The van der Waals surface area contributed by atoms with Crippen molar-refractivity contribution in [3.8, 4) is 0 Å². The molecule has 0 radical (unpaired) electrons. The molecule has 0 amide bonds. The van der Waals surface area contributed by atoms with E-state index < -0.39 is 0 Å². The molecule has 4 atom stereocenters. The van der Waals surface area contributed by atoms with Gasteiger partial charge in [-0.05, 0) is 50.4 Å². The van der Waals surface area contributed by atoms with Gasteiger partial charge in [-0.1, -0.05) is 23.7 Å². The first-order valence-electron chi connectivity index (χ1n) is 6.83. The number of rotatable bonds is 4. The molecular formula is C15H20ClNO. The molecule has 2 nitrogen and oxygen atoms in total. The lowest BCUT2D eigenvalue weighted by Gasteiger charge is -2.28. The molecule has 2 bridgehead atoms. The molecule has 0 spiro atoms. The van der Waals surface area contributed by atoms with E-state index in [2.05, 4.69) is 24.5 Å². The maximum Gasteiger partial charge on any atom is 0.0623 e. The smallest absolute Gasteiger partial charge is 0.0623 e. The summed E-state index contributed by atoms with van der Waals surface area (Å²) in [5.74, 6) is 0.660. The average molecular weight is 266 g/mol. The van der Waals surface area contributed by atoms with Gasteiger partial charge in [-0.3, -0.25) is 0 Å². The number of benzene rings is 1. The van der Waals surface area contributed by atoms with Crippen LogP contribution in [0.3, 0.4) is 0 Å². The first kappa shape index (κ1) is 12.5. The minimum Gasteiger partial charge on any atom is -0.375 e. The zero-order chi connectivity index (χ0) is 12.5. The third-order valence-electron chi connectivity index (χ3n) is 4.39. The van der Waals surface area contributed by atoms with Gasteiger partial charge >= 0.3 is 0 Å². The number of hydrogen-bond donors (Lipinski definition) is 1. The fourth-order valence-electron chi connectivity index (χ4n) is 3.49. The Labute approximate surface area is 114 Å². The first-order valence-corrected chi connectivity index (χ1v) is 7.21. The third-order valence-corrected chi connectivity index (χ3v) is 4.62. The normalized spacial score (nSPS) is 31.8. The summed E-state index contributed by atoms with van der Waals surface area (Å²) in [4.78, 5) is 0. The van der Waals surface area contributed by atoms with Crippen molar-refractivity contribution in [1.82, 2.24) is 5.32 Å². The monoisotopic (exact) mass is 265 g/mol. The molecule has 3 rings (SSSR count). The van der Waals surface area contributed by atoms with Crippen LogP contribution in [0.25, 0.3) is 0 Å². The summed E-state index contributed by atoms with van der Waals surface area (Å²) in [6.45, 7) is 0. The molecule has 2 fully saturated rings. The van der Waals surface area contributed by atoms with Crippen LogP contribution in [0, 0.1) is 5.92 Å². The molecule has 2 heterocycles. The third kappa shape index (κ3) is 2.42. The summed E-state index contributed by atoms with van der Waals surface area (Å²) in [7, 11) is 2.06. The lowest BCUT2D eigenvalue weighted by atomic mass is 9.81. The van der Waals surface area contributed by atoms with Crippen LogP contribution in [0.1, 0.15) is 24.8 Å². The summed E-state index contributed by atoms with van der Waals surface area (Å²) in [6, 6.07) is 8.69. The van der Waals surface area contributed by atoms with E-state index >= 15 is 0 Å². The second kappa shape index (κ2) is 5.20. The molecule has 0 aliphatic carbocycles. The molecule has 0 saturated carbocycles. The van der Waals surface area contributed by atoms with E-state index in [-0.39, 0.29) is 0 Å². The molecule has 3 heteroatoms. The summed E-state index contributed by atoms with van der Waals surface area (Å²) in [5, 5.41) is 4.30. The number of hydrogen-bond acceptors (Lipinski definition) is 2. The van der Waals surface area contributed by atoms with Crippen molar-refractivity contribution in [2.75, 3.05) is 7.05 Å². The topological polar surface area (TPSA) is 21.3 Å². The van der Waals surface area contributed by atoms with Crippen molar-refractivity contribution >= 4 is 11.6 Å². The standard InChI is InChI=1S/C15H20ClNO/c1-17-14(8-10-3-2-4-11(16)7-10)13-9-12-5-6-15(13)18-12/h2-4,7,12-15,17H,5-6,8-9H2,1H3. The molecular weight excluding hydrogens is 246 g/mol. The number of likely N-dealkylation sites (N-methyl/N-ethyl adjacent to an activating group) is 1. The van der Waals surface area contributed by atoms with E-state index in [1.165, 1.54) is 24.8 Å². The highest BCUT2D eigenvalue weighted by Crippen LogP contribution is 2.41. The maximum absolute atomic E-state index is 6.05. The molecule has 98 valence electrons. The van der Waals surface area contributed by atoms with Crippen LogP contribution >= 0.6 is 11.6 Å². The molecule has 1 N–H and O–H groups in total. The molecule has 2 aliphatic rings. The van der Waals surface area contributed by atoms with Crippen LogP contribution in [0.2, 0.25) is 5.02 Å². The zero-order valence-electron chi connectivity index (χ0n) is 10.7. The highest BCUT2D eigenvalue weighted by Gasteiger charge is 2.43. The predicted octanol–water partition coefficient (Wildman–Crippen LogP) is 3.04. The van der Waals surface area contributed by atoms with Crippen LogP contribution in [0.15, 0.2) is 24.3 Å². The highest BCUT2D eigenvalue weighted by molar-refractivity contribution is 6.30. The predicted molar refractivity (Wildman–Crippen MR) is 74.0 cm³/mol. The quantitative estimate of drug-likeness (QED) is 0.904. The van der Waals surface area contributed by atoms with E-state index in [1.807, 2.05) is 12.1 Å². The lowest BCUT2D eigenvalue weighted by Crippen LogP contribution is -2.40. The molecule has 1 aromatic rings. The van der Waals surface area contributed by atoms with Gasteiger partial charge in [-0.2, -0.15) is 0 Å². The summed E-state index contributed by atoms with van der Waals surface area (Å²) >= 11 is 6.05. The second-order valence-electron chi connectivity index (χ2n) is 5.50. The fraction of sp³-hybridized carbons (Fsp3) is 0.600. The van der Waals surface area contributed by atoms with Crippen molar-refractivity contribution in [3.63, 3.8) is 0 Å². The van der Waals surface area contributed by atoms with Crippen molar-refractivity contribution in [1.29, 1.82) is 0 Å². The van der Waals surface area contributed by atoms with Gasteiger partial charge < -0.3 is 10.1 Å². The lowest BCUT2D eigenvalue weighted by molar-refractivity contribution is 0.0863. The van der Waals surface area contributed by atoms with Crippen LogP contribution in [0.5, 0.6) is 0 Å². The van der Waals surface area contributed by atoms with E-state index in [0.717, 1.165) is 11.4 Å². The number of fused-ring (bicyclic) bond motifs is 2. The van der Waals surface area contributed by atoms with Gasteiger partial charge in [0.15, 0.2) is 0 Å². The van der Waals surface area contributed by atoms with Crippen molar-refractivity contribution in [3.05, 3.63) is 34.9 Å². The van der Waals surface area contributed by atoms with Gasteiger partial charge in [-0.15, -0.1) is 0 Å². The van der Waals surface area contributed by atoms with E-state index in [9.17, 15) is 0 Å². The molecule has 18 heavy (non-hydrogen) atoms. The molecule has 2 aliphatic heterocycles. The van der Waals surface area contributed by atoms with E-state index in [0.29, 0.717) is 24.2 Å². The Morgan fingerprint density at radius 1 is 1.44 bits per heavy atom. The van der Waals surface area contributed by atoms with Crippen molar-refractivity contribution in [2.45, 2.75) is 43.9 Å². The minimum atomic E-state index is 0.478. The largest absolute Gasteiger partial charge is 0.375 e. The molecule has 0 aromatic heterocycles. The van der Waals surface area contributed by atoms with Gasteiger partial charge in [0.05, 0.1) is 12.2 Å². The Kier molecular flexibility index (Phi) is 3.60. The van der Waals surface area contributed by atoms with Gasteiger partial charge in [0, 0.05) is 17.0 Å². The van der Waals surface area contributed by atoms with Gasteiger partial charge in [0.1, 0.15) is 0 Å². The summed E-state index contributed by atoms with van der Waals surface area (Å²) in [6.07, 6.45) is 5.75. The first-order chi connectivity index (χ1) is 8.76. The van der Waals surface area contributed by atoms with Crippen LogP contribution in [-0.4, -0.2) is 25.3 Å². The Morgan fingerprint density at radius 3 is 2.94 bits per heavy atom. The molecule has 4 unspecified atom stereocenters. The van der Waals surface area contributed by atoms with Crippen LogP contribution < -0.4 is 5.32 Å². The number of halogens is 1. The van der Waals surface area contributed by atoms with Gasteiger partial charge in [-0.25, -0.2) is 0 Å². The molecule has 1 aromatic carbocycles. The van der Waals surface area contributed by atoms with Crippen molar-refractivity contribution < 1.29 is 4.74 Å². The Morgan fingerprint density at radius 2 is 2.33 bits per heavy atom. The zero-order valence-corrected chi connectivity index (χ0v) is 11.5. The molecule has 2 saturated heterocycles. The maximum atomic E-state index is 6.05. The Hall–Kier alpha value is -0.570. The average Bonchev–Trinajstić information content (AvgIpc) is 2.98. The van der Waals surface area contributed by atoms with Gasteiger partial charge in [0.25, 0.3) is 0 Å². The van der Waals surface area contributed by atoms with Gasteiger partial charge in [0.2, 0.25) is 0 Å². The number of ether oxygens (including phenoxy) is 1. The van der Waals surface area contributed by atoms with E-state index in [4.69, 9.17) is 16.3 Å². The van der Waals surface area contributed by atoms with Crippen molar-refractivity contribution in [2.24, 2.45) is 5.92 Å². The highest BCUT2D eigenvalue weighted by atomic mass is 35.5. The minimum absolute atomic E-state index is 0.478. The second-order valence-corrected chi connectivity index (χ2v) is 5.94. The number of nitrogens with one attached hydrogen (secondary N) is 1. The Bertz CT molecular complexity index is 423. The van der Waals surface area contributed by atoms with Crippen LogP contribution in [-0.2, 0) is 11.2 Å². The summed E-state index contributed by atoms with van der Waals surface area (Å²) < 4.78 is 5.96. The van der Waals surface area contributed by atoms with Crippen LogP contribution in [0.4, 0.5) is 0 Å². The van der Waals surface area contributed by atoms with E-state index in [1.54, 1.807) is 0 Å². The summed E-state index contributed by atoms with van der Waals surface area (Å²) in [5.41, 5.74) is 1.31.